The van der Waals surface area contributed by atoms with Crippen LogP contribution in [0.25, 0.3) is 0 Å². The third-order valence-electron chi connectivity index (χ3n) is 2.09. The third kappa shape index (κ3) is 3.35. The number of hydrazine groups is 1. The van der Waals surface area contributed by atoms with E-state index in [1.807, 2.05) is 0 Å². The van der Waals surface area contributed by atoms with E-state index in [0.29, 0.717) is 5.69 Å². The molecule has 2 aromatic rings. The molecule has 0 saturated heterocycles. The lowest BCUT2D eigenvalue weighted by atomic mass is 10.5. The van der Waals surface area contributed by atoms with Crippen LogP contribution in [0.2, 0.25) is 0 Å². The minimum Gasteiger partial charge on any atom is -0.315 e. The van der Waals surface area contributed by atoms with E-state index in [0.717, 1.165) is 23.7 Å². The molecular formula is C8H10N6O3S2. The van der Waals surface area contributed by atoms with E-state index in [1.54, 1.807) is 5.38 Å². The molecule has 0 aliphatic rings. The van der Waals surface area contributed by atoms with Crippen molar-refractivity contribution in [1.82, 2.24) is 19.7 Å². The number of hydrogen-bond donors (Lipinski definition) is 4. The van der Waals surface area contributed by atoms with Crippen LogP contribution in [0.1, 0.15) is 5.69 Å². The Labute approximate surface area is 111 Å². The molecule has 0 radical (unpaired) electrons. The van der Waals surface area contributed by atoms with E-state index in [2.05, 4.69) is 25.1 Å². The molecule has 0 aliphatic carbocycles. The number of anilines is 1. The van der Waals surface area contributed by atoms with Gasteiger partial charge in [0.1, 0.15) is 4.90 Å². The normalized spacial score (nSPS) is 11.4. The molecule has 2 heterocycles. The number of thiazole rings is 1. The van der Waals surface area contributed by atoms with Crippen LogP contribution in [-0.4, -0.2) is 23.4 Å². The maximum absolute atomic E-state index is 11.9. The largest absolute Gasteiger partial charge is 0.315 e. The molecule has 0 bridgehead atoms. The summed E-state index contributed by atoms with van der Waals surface area (Å²) in [6.07, 6.45) is 2.25. The molecule has 0 atom stereocenters. The fourth-order valence-electron chi connectivity index (χ4n) is 1.19. The van der Waals surface area contributed by atoms with Crippen LogP contribution in [-0.2, 0) is 16.6 Å². The quantitative estimate of drug-likeness (QED) is 0.409. The highest BCUT2D eigenvalue weighted by Gasteiger charge is 2.15. The number of H-pyrrole nitrogens is 1. The van der Waals surface area contributed by atoms with Crippen molar-refractivity contribution in [3.8, 4) is 0 Å². The molecule has 0 aliphatic heterocycles. The van der Waals surface area contributed by atoms with Crippen molar-refractivity contribution in [1.29, 1.82) is 0 Å². The third-order valence-corrected chi connectivity index (χ3v) is 4.17. The molecule has 102 valence electrons. The predicted molar refractivity (Wildman–Crippen MR) is 68.8 cm³/mol. The van der Waals surface area contributed by atoms with Crippen LogP contribution < -0.4 is 20.9 Å². The van der Waals surface area contributed by atoms with Crippen LogP contribution in [0.4, 0.5) is 5.95 Å². The van der Waals surface area contributed by atoms with Gasteiger partial charge in [0.15, 0.2) is 0 Å². The SMILES string of the molecule is NNc1ncc(S(=O)(=O)NCc2csc(=O)[nH]2)cn1. The fraction of sp³-hybridized carbons (Fsp3) is 0.125. The van der Waals surface area contributed by atoms with Crippen molar-refractivity contribution in [2.75, 3.05) is 5.43 Å². The number of sulfonamides is 1. The van der Waals surface area contributed by atoms with Gasteiger partial charge in [-0.15, -0.1) is 0 Å². The molecule has 0 saturated carbocycles. The number of aromatic amines is 1. The fourth-order valence-corrected chi connectivity index (χ4v) is 2.66. The summed E-state index contributed by atoms with van der Waals surface area (Å²) in [5, 5.41) is 1.54. The minimum atomic E-state index is -3.74. The van der Waals surface area contributed by atoms with Gasteiger partial charge in [-0.05, 0) is 0 Å². The summed E-state index contributed by atoms with van der Waals surface area (Å²) in [7, 11) is -3.74. The molecule has 2 rings (SSSR count). The lowest BCUT2D eigenvalue weighted by molar-refractivity contribution is 0.579. The van der Waals surface area contributed by atoms with Gasteiger partial charge in [0, 0.05) is 11.1 Å². The minimum absolute atomic E-state index is 0.0159. The maximum atomic E-state index is 11.9. The molecule has 0 aromatic carbocycles. The van der Waals surface area contributed by atoms with Gasteiger partial charge in [0.05, 0.1) is 18.9 Å². The topological polar surface area (TPSA) is 143 Å². The van der Waals surface area contributed by atoms with E-state index in [9.17, 15) is 13.2 Å². The highest BCUT2D eigenvalue weighted by molar-refractivity contribution is 7.89. The second-order valence-electron chi connectivity index (χ2n) is 3.38. The first-order valence-corrected chi connectivity index (χ1v) is 7.32. The zero-order valence-electron chi connectivity index (χ0n) is 9.45. The van der Waals surface area contributed by atoms with Gasteiger partial charge in [0.25, 0.3) is 0 Å². The van der Waals surface area contributed by atoms with Gasteiger partial charge in [-0.25, -0.2) is 29.0 Å². The molecule has 11 heteroatoms. The molecule has 0 fully saturated rings. The predicted octanol–water partition coefficient (Wildman–Crippen LogP) is -1.01. The number of rotatable bonds is 5. The lowest BCUT2D eigenvalue weighted by Gasteiger charge is -2.05. The van der Waals surface area contributed by atoms with Crippen molar-refractivity contribution >= 4 is 27.3 Å². The van der Waals surface area contributed by atoms with E-state index >= 15 is 0 Å². The van der Waals surface area contributed by atoms with Crippen molar-refractivity contribution in [3.05, 3.63) is 33.1 Å². The van der Waals surface area contributed by atoms with Crippen LogP contribution in [0.15, 0.2) is 27.5 Å². The summed E-state index contributed by atoms with van der Waals surface area (Å²) in [5.74, 6) is 5.19. The Balaban J connectivity index is 2.11. The van der Waals surface area contributed by atoms with Crippen molar-refractivity contribution < 1.29 is 8.42 Å². The highest BCUT2D eigenvalue weighted by Crippen LogP contribution is 2.07. The van der Waals surface area contributed by atoms with E-state index < -0.39 is 10.0 Å². The Morgan fingerprint density at radius 2 is 2.05 bits per heavy atom. The van der Waals surface area contributed by atoms with Gasteiger partial charge in [-0.3, -0.25) is 10.2 Å². The van der Waals surface area contributed by atoms with Crippen molar-refractivity contribution in [2.45, 2.75) is 11.4 Å². The van der Waals surface area contributed by atoms with Crippen molar-refractivity contribution in [3.63, 3.8) is 0 Å². The first-order valence-electron chi connectivity index (χ1n) is 4.96. The van der Waals surface area contributed by atoms with Crippen LogP contribution in [0.3, 0.4) is 0 Å². The second kappa shape index (κ2) is 5.44. The summed E-state index contributed by atoms with van der Waals surface area (Å²) in [6.45, 7) is -0.0159. The molecule has 2 aromatic heterocycles. The first kappa shape index (κ1) is 13.6. The number of nitrogen functional groups attached to an aromatic ring is 1. The summed E-state index contributed by atoms with van der Waals surface area (Å²) in [4.78, 5) is 20.5. The Kier molecular flexibility index (Phi) is 3.90. The average molecular weight is 302 g/mol. The second-order valence-corrected chi connectivity index (χ2v) is 5.99. The summed E-state index contributed by atoms with van der Waals surface area (Å²) < 4.78 is 26.1. The van der Waals surface area contributed by atoms with Crippen LogP contribution in [0, 0.1) is 0 Å². The molecular weight excluding hydrogens is 292 g/mol. The summed E-state index contributed by atoms with van der Waals surface area (Å²) in [6, 6.07) is 0. The molecule has 0 amide bonds. The molecule has 0 spiro atoms. The Morgan fingerprint density at radius 1 is 1.37 bits per heavy atom. The number of nitrogens with two attached hydrogens (primary N) is 1. The Hall–Kier alpha value is -1.82. The van der Waals surface area contributed by atoms with Gasteiger partial charge in [-0.2, -0.15) is 0 Å². The van der Waals surface area contributed by atoms with Gasteiger partial charge in [-0.1, -0.05) is 11.3 Å². The molecule has 5 N–H and O–H groups in total. The maximum Gasteiger partial charge on any atom is 0.304 e. The molecule has 19 heavy (non-hydrogen) atoms. The van der Waals surface area contributed by atoms with Gasteiger partial charge in [0.2, 0.25) is 16.0 Å². The Bertz CT molecular complexity index is 705. The van der Waals surface area contributed by atoms with Crippen LogP contribution >= 0.6 is 11.3 Å². The lowest BCUT2D eigenvalue weighted by Crippen LogP contribution is -2.24. The van der Waals surface area contributed by atoms with Crippen molar-refractivity contribution in [2.24, 2.45) is 5.84 Å². The number of aromatic nitrogens is 3. The smallest absolute Gasteiger partial charge is 0.304 e. The zero-order valence-corrected chi connectivity index (χ0v) is 11.1. The van der Waals surface area contributed by atoms with Crippen LogP contribution in [0.5, 0.6) is 0 Å². The highest BCUT2D eigenvalue weighted by atomic mass is 32.2. The monoisotopic (exact) mass is 302 g/mol. The first-order chi connectivity index (χ1) is 9.01. The summed E-state index contributed by atoms with van der Waals surface area (Å²) >= 11 is 0.963. The molecule has 0 unspecified atom stereocenters. The molecule has 9 nitrogen and oxygen atoms in total. The average Bonchev–Trinajstić information content (AvgIpc) is 2.82. The van der Waals surface area contributed by atoms with Gasteiger partial charge >= 0.3 is 4.87 Å². The standard InChI is InChI=1S/C8H10N6O3S2/c9-14-7-10-2-6(3-11-7)19(16,17)12-1-5-4-18-8(15)13-5/h2-4,12H,1,9H2,(H,13,15)(H,10,11,14). The summed E-state index contributed by atoms with van der Waals surface area (Å²) in [5.41, 5.74) is 2.68. The van der Waals surface area contributed by atoms with E-state index in [1.165, 1.54) is 0 Å². The van der Waals surface area contributed by atoms with E-state index in [4.69, 9.17) is 5.84 Å². The van der Waals surface area contributed by atoms with E-state index in [-0.39, 0.29) is 22.3 Å². The Morgan fingerprint density at radius 3 is 2.58 bits per heavy atom. The van der Waals surface area contributed by atoms with Gasteiger partial charge < -0.3 is 4.98 Å². The number of hydrogen-bond acceptors (Lipinski definition) is 8. The number of nitrogens with zero attached hydrogens (tertiary/aromatic N) is 2. The number of nitrogens with one attached hydrogen (secondary N) is 3. The zero-order chi connectivity index (χ0) is 13.9.